The van der Waals surface area contributed by atoms with Crippen LogP contribution in [0.15, 0.2) is 36.7 Å². The summed E-state index contributed by atoms with van der Waals surface area (Å²) in [5.74, 6) is 3.50. The summed E-state index contributed by atoms with van der Waals surface area (Å²) in [6.07, 6.45) is 16.9. The average Bonchev–Trinajstić information content (AvgIpc) is 3.09. The topological polar surface area (TPSA) is 16.1 Å². The summed E-state index contributed by atoms with van der Waals surface area (Å²) in [6.45, 7) is 8.13. The maximum Gasteiger partial charge on any atom is 0.0346 e. The Morgan fingerprint density at radius 2 is 1.64 bits per heavy atom. The van der Waals surface area contributed by atoms with Gasteiger partial charge in [0.1, 0.15) is 0 Å². The molecule has 4 aliphatic carbocycles. The molecule has 178 valence electrons. The molecule has 0 N–H and O–H groups in total. The summed E-state index contributed by atoms with van der Waals surface area (Å²) in [5, 5.41) is 2.63. The summed E-state index contributed by atoms with van der Waals surface area (Å²) < 4.78 is 0. The molecule has 33 heavy (non-hydrogen) atoms. The van der Waals surface area contributed by atoms with Crippen LogP contribution >= 0.6 is 0 Å². The van der Waals surface area contributed by atoms with Crippen molar-refractivity contribution in [2.45, 2.75) is 90.5 Å². The van der Waals surface area contributed by atoms with E-state index < -0.39 is 0 Å². The van der Waals surface area contributed by atoms with Crippen LogP contribution in [0.1, 0.15) is 90.0 Å². The van der Waals surface area contributed by atoms with E-state index in [4.69, 9.17) is 0 Å². The normalized spacial score (nSPS) is 45.0. The van der Waals surface area contributed by atoms with Crippen LogP contribution in [0.2, 0.25) is 0 Å². The second-order valence-electron chi connectivity index (χ2n) is 13.3. The van der Waals surface area contributed by atoms with Crippen molar-refractivity contribution in [2.24, 2.45) is 34.0 Å². The van der Waals surface area contributed by atoms with E-state index in [1.54, 1.807) is 5.56 Å². The van der Waals surface area contributed by atoms with E-state index in [-0.39, 0.29) is 0 Å². The van der Waals surface area contributed by atoms with Crippen molar-refractivity contribution in [2.75, 3.05) is 14.1 Å². The lowest BCUT2D eigenvalue weighted by molar-refractivity contribution is -0.152. The Bertz CT molecular complexity index is 1040. The van der Waals surface area contributed by atoms with Gasteiger partial charge in [0, 0.05) is 23.8 Å². The molecule has 4 aliphatic rings. The van der Waals surface area contributed by atoms with Gasteiger partial charge in [0.05, 0.1) is 0 Å². The molecule has 6 rings (SSSR count). The lowest BCUT2D eigenvalue weighted by Crippen LogP contribution is -2.58. The molecule has 2 aromatic rings. The number of rotatable bonds is 2. The van der Waals surface area contributed by atoms with Gasteiger partial charge in [-0.15, -0.1) is 0 Å². The molecular weight excluding hydrogens is 400 g/mol. The number of fused-ring (bicyclic) bond motifs is 6. The zero-order chi connectivity index (χ0) is 23.0. The molecule has 0 radical (unpaired) electrons. The van der Waals surface area contributed by atoms with E-state index in [0.29, 0.717) is 22.2 Å². The maximum atomic E-state index is 4.41. The van der Waals surface area contributed by atoms with E-state index in [1.165, 1.54) is 68.6 Å². The van der Waals surface area contributed by atoms with Crippen LogP contribution in [0.25, 0.3) is 10.8 Å². The van der Waals surface area contributed by atoms with Crippen molar-refractivity contribution >= 4 is 10.8 Å². The summed E-state index contributed by atoms with van der Waals surface area (Å²) in [5.41, 5.74) is 3.06. The maximum absolute atomic E-state index is 4.41. The highest BCUT2D eigenvalue weighted by molar-refractivity contribution is 5.82. The van der Waals surface area contributed by atoms with E-state index >= 15 is 0 Å². The monoisotopic (exact) mass is 444 g/mol. The Kier molecular flexibility index (Phi) is 5.05. The molecule has 8 atom stereocenters. The van der Waals surface area contributed by atoms with Crippen molar-refractivity contribution in [3.05, 3.63) is 42.2 Å². The molecule has 1 aromatic heterocycles. The molecule has 1 aromatic carbocycles. The van der Waals surface area contributed by atoms with Gasteiger partial charge in [-0.1, -0.05) is 32.9 Å². The standard InChI is InChI=1S/C31H44N2/c1-29-14-10-25(33(4)5)19-24(29)8-9-28-27(29)12-16-30(2)26(11-15-31(28,30)3)22-7-6-21-13-17-32-20-23(21)18-22/h6-7,13,17-18,20,24-28H,8-12,14-16,19H2,1-5H3/t24?,25-,26+,27?,28+,29-,30+,31-/m0/s1. The first kappa shape index (κ1) is 22.1. The third-order valence-corrected chi connectivity index (χ3v) is 12.3. The van der Waals surface area contributed by atoms with Gasteiger partial charge in [0.25, 0.3) is 0 Å². The van der Waals surface area contributed by atoms with Crippen LogP contribution in [0.4, 0.5) is 0 Å². The summed E-state index contributed by atoms with van der Waals surface area (Å²) >= 11 is 0. The second kappa shape index (κ2) is 7.54. The van der Waals surface area contributed by atoms with Crippen LogP contribution < -0.4 is 0 Å². The summed E-state index contributed by atoms with van der Waals surface area (Å²) in [7, 11) is 4.60. The first-order valence-electron chi connectivity index (χ1n) is 13.8. The van der Waals surface area contributed by atoms with Crippen LogP contribution in [0, 0.1) is 34.0 Å². The van der Waals surface area contributed by atoms with Gasteiger partial charge in [0.15, 0.2) is 0 Å². The van der Waals surface area contributed by atoms with Crippen molar-refractivity contribution in [1.29, 1.82) is 0 Å². The van der Waals surface area contributed by atoms with Gasteiger partial charge in [-0.3, -0.25) is 4.98 Å². The minimum absolute atomic E-state index is 0.425. The molecule has 2 heteroatoms. The highest BCUT2D eigenvalue weighted by atomic mass is 15.1. The number of hydrogen-bond donors (Lipinski definition) is 0. The molecule has 0 amide bonds. The van der Waals surface area contributed by atoms with Gasteiger partial charge >= 0.3 is 0 Å². The Morgan fingerprint density at radius 1 is 0.818 bits per heavy atom. The molecular formula is C31H44N2. The third-order valence-electron chi connectivity index (χ3n) is 12.3. The van der Waals surface area contributed by atoms with Crippen molar-refractivity contribution in [3.63, 3.8) is 0 Å². The zero-order valence-electron chi connectivity index (χ0n) is 21.6. The fraction of sp³-hybridized carbons (Fsp3) is 0.710. The lowest BCUT2D eigenvalue weighted by Gasteiger charge is -2.65. The predicted octanol–water partition coefficient (Wildman–Crippen LogP) is 7.68. The number of hydrogen-bond acceptors (Lipinski definition) is 2. The number of aromatic nitrogens is 1. The van der Waals surface area contributed by atoms with Crippen LogP contribution in [-0.2, 0) is 0 Å². The van der Waals surface area contributed by atoms with E-state index in [1.807, 2.05) is 6.20 Å². The molecule has 0 spiro atoms. The molecule has 0 saturated heterocycles. The van der Waals surface area contributed by atoms with Crippen molar-refractivity contribution < 1.29 is 0 Å². The van der Waals surface area contributed by atoms with Crippen LogP contribution in [0.3, 0.4) is 0 Å². The Balaban J connectivity index is 1.31. The SMILES string of the molecule is CN(C)[C@H]1CC[C@@]2(C)C(CC[C@@H]3C2CC[C@]2(C)[C@@H](c4ccc5ccncc5c4)CC[C@@]32C)C1. The average molecular weight is 445 g/mol. The van der Waals surface area contributed by atoms with Gasteiger partial charge in [-0.2, -0.15) is 0 Å². The molecule has 4 saturated carbocycles. The summed E-state index contributed by atoms with van der Waals surface area (Å²) in [6, 6.07) is 10.2. The van der Waals surface area contributed by atoms with E-state index in [2.05, 4.69) is 75.2 Å². The van der Waals surface area contributed by atoms with Gasteiger partial charge in [-0.25, -0.2) is 0 Å². The first-order valence-corrected chi connectivity index (χ1v) is 13.8. The molecule has 2 nitrogen and oxygen atoms in total. The first-order chi connectivity index (χ1) is 15.8. The third kappa shape index (κ3) is 3.05. The minimum Gasteiger partial charge on any atom is -0.306 e. The lowest BCUT2D eigenvalue weighted by atomic mass is 9.40. The van der Waals surface area contributed by atoms with Gasteiger partial charge < -0.3 is 4.90 Å². The number of pyridine rings is 1. The van der Waals surface area contributed by atoms with E-state index in [0.717, 1.165) is 23.8 Å². The molecule has 2 unspecified atom stereocenters. The largest absolute Gasteiger partial charge is 0.306 e. The number of nitrogens with zero attached hydrogens (tertiary/aromatic N) is 2. The highest BCUT2D eigenvalue weighted by Gasteiger charge is 2.65. The Hall–Kier alpha value is -1.41. The smallest absolute Gasteiger partial charge is 0.0346 e. The van der Waals surface area contributed by atoms with Crippen molar-refractivity contribution in [3.8, 4) is 0 Å². The van der Waals surface area contributed by atoms with Crippen LogP contribution in [-0.4, -0.2) is 30.0 Å². The Labute approximate surface area is 201 Å². The fourth-order valence-electron chi connectivity index (χ4n) is 9.96. The molecule has 0 bridgehead atoms. The molecule has 4 fully saturated rings. The predicted molar refractivity (Wildman–Crippen MR) is 138 cm³/mol. The van der Waals surface area contributed by atoms with Crippen molar-refractivity contribution in [1.82, 2.24) is 9.88 Å². The van der Waals surface area contributed by atoms with Gasteiger partial charge in [0.2, 0.25) is 0 Å². The summed E-state index contributed by atoms with van der Waals surface area (Å²) in [4.78, 5) is 6.91. The molecule has 0 aliphatic heterocycles. The quantitative estimate of drug-likeness (QED) is 0.472. The fourth-order valence-corrected chi connectivity index (χ4v) is 9.96. The minimum atomic E-state index is 0.425. The van der Waals surface area contributed by atoms with Crippen LogP contribution in [0.5, 0.6) is 0 Å². The number of benzene rings is 1. The molecule has 1 heterocycles. The second-order valence-corrected chi connectivity index (χ2v) is 13.3. The Morgan fingerprint density at radius 3 is 2.45 bits per heavy atom. The van der Waals surface area contributed by atoms with E-state index in [9.17, 15) is 0 Å². The highest BCUT2D eigenvalue weighted by Crippen LogP contribution is 2.74. The zero-order valence-corrected chi connectivity index (χ0v) is 21.6. The van der Waals surface area contributed by atoms with Gasteiger partial charge in [-0.05, 0) is 135 Å².